The highest BCUT2D eigenvalue weighted by molar-refractivity contribution is 5.83. The molecule has 1 fully saturated rings. The number of fused-ring (bicyclic) bond motifs is 1. The van der Waals surface area contributed by atoms with Gasteiger partial charge in [0.25, 0.3) is 0 Å². The Labute approximate surface area is 201 Å². The van der Waals surface area contributed by atoms with Crippen LogP contribution in [0.5, 0.6) is 0 Å². The molecule has 1 aliphatic rings. The fourth-order valence-electron chi connectivity index (χ4n) is 4.23. The van der Waals surface area contributed by atoms with E-state index in [1.165, 1.54) is 16.5 Å². The Morgan fingerprint density at radius 2 is 1.83 bits per heavy atom. The molecule has 0 spiro atoms. The summed E-state index contributed by atoms with van der Waals surface area (Å²) in [5.41, 5.74) is 9.99. The van der Waals surface area contributed by atoms with E-state index in [4.69, 9.17) is 10.5 Å². The van der Waals surface area contributed by atoms with Crippen molar-refractivity contribution in [1.29, 1.82) is 0 Å². The molecule has 1 aliphatic heterocycles. The van der Waals surface area contributed by atoms with E-state index in [-0.39, 0.29) is 11.2 Å². The minimum Gasteiger partial charge on any atom is -0.394 e. The highest BCUT2D eigenvalue weighted by Crippen LogP contribution is 2.32. The maximum atomic E-state index is 10.4. The molecule has 11 heteroatoms. The molecule has 11 nitrogen and oxygen atoms in total. The molecule has 0 amide bonds. The Morgan fingerprint density at radius 3 is 2.49 bits per heavy atom. The highest BCUT2D eigenvalue weighted by Gasteiger charge is 2.44. The van der Waals surface area contributed by atoms with Crippen LogP contribution in [0.1, 0.15) is 38.1 Å². The van der Waals surface area contributed by atoms with Crippen molar-refractivity contribution in [2.75, 3.05) is 12.3 Å². The summed E-state index contributed by atoms with van der Waals surface area (Å²) in [6.07, 6.45) is 0.524. The second-order valence-electron chi connectivity index (χ2n) is 9.86. The minimum atomic E-state index is -1.27. The van der Waals surface area contributed by atoms with Crippen LogP contribution in [0.4, 0.5) is 5.82 Å². The van der Waals surface area contributed by atoms with Crippen molar-refractivity contribution in [1.82, 2.24) is 29.3 Å². The standard InChI is InChI=1S/C24H29N7O4/c1-24(2,3)15-6-4-13(5-7-15)9-30-10-14(8-27-30)21-28-20(25)17-22(29-21)31(12-26-17)23-19(34)18(33)16(11-32)35-23/h4-8,10,12,16,18-19,23,32-34H,9,11H2,1-3H3,(H2,25,28,29)/t16?,18-,19-,23-/m1/s1. The number of nitrogens with two attached hydrogens (primary N) is 1. The number of aromatic nitrogens is 6. The zero-order valence-corrected chi connectivity index (χ0v) is 19.8. The average molecular weight is 480 g/mol. The van der Waals surface area contributed by atoms with E-state index in [1.54, 1.807) is 10.9 Å². The van der Waals surface area contributed by atoms with E-state index in [0.717, 1.165) is 5.56 Å². The van der Waals surface area contributed by atoms with E-state index >= 15 is 0 Å². The molecule has 5 N–H and O–H groups in total. The zero-order valence-electron chi connectivity index (χ0n) is 19.8. The number of ether oxygens (including phenoxy) is 1. The first-order chi connectivity index (χ1) is 16.7. The molecular weight excluding hydrogens is 450 g/mol. The van der Waals surface area contributed by atoms with Gasteiger partial charge >= 0.3 is 0 Å². The fourth-order valence-corrected chi connectivity index (χ4v) is 4.23. The Kier molecular flexibility index (Phi) is 5.80. The predicted octanol–water partition coefficient (Wildman–Crippen LogP) is 1.23. The van der Waals surface area contributed by atoms with Gasteiger partial charge in [-0.15, -0.1) is 0 Å². The van der Waals surface area contributed by atoms with Crippen molar-refractivity contribution < 1.29 is 20.1 Å². The monoisotopic (exact) mass is 479 g/mol. The number of anilines is 1. The summed E-state index contributed by atoms with van der Waals surface area (Å²) in [5, 5.41) is 34.4. The van der Waals surface area contributed by atoms with E-state index in [9.17, 15) is 15.3 Å². The normalized spacial score (nSPS) is 22.8. The molecule has 0 bridgehead atoms. The number of imidazole rings is 1. The first kappa shape index (κ1) is 23.4. The van der Waals surface area contributed by atoms with Gasteiger partial charge in [-0.05, 0) is 16.5 Å². The number of benzene rings is 1. The average Bonchev–Trinajstić information content (AvgIpc) is 3.52. The second kappa shape index (κ2) is 8.68. The lowest BCUT2D eigenvalue weighted by Crippen LogP contribution is -2.33. The molecule has 1 aromatic carbocycles. The number of rotatable bonds is 5. The molecule has 4 heterocycles. The van der Waals surface area contributed by atoms with Crippen LogP contribution >= 0.6 is 0 Å². The predicted molar refractivity (Wildman–Crippen MR) is 128 cm³/mol. The van der Waals surface area contributed by atoms with Gasteiger partial charge in [0.15, 0.2) is 23.5 Å². The van der Waals surface area contributed by atoms with Gasteiger partial charge in [-0.2, -0.15) is 5.10 Å². The van der Waals surface area contributed by atoms with Gasteiger partial charge < -0.3 is 25.8 Å². The Hall–Kier alpha value is -3.38. The van der Waals surface area contributed by atoms with Gasteiger partial charge in [0.2, 0.25) is 0 Å². The zero-order chi connectivity index (χ0) is 24.9. The number of nitrogens with zero attached hydrogens (tertiary/aromatic N) is 6. The third kappa shape index (κ3) is 4.27. The molecule has 1 saturated heterocycles. The van der Waals surface area contributed by atoms with Crippen LogP contribution in [0, 0.1) is 0 Å². The van der Waals surface area contributed by atoms with Crippen LogP contribution < -0.4 is 5.73 Å². The summed E-state index contributed by atoms with van der Waals surface area (Å²) < 4.78 is 8.92. The summed E-state index contributed by atoms with van der Waals surface area (Å²) in [6.45, 7) is 6.71. The smallest absolute Gasteiger partial charge is 0.168 e. The second-order valence-corrected chi connectivity index (χ2v) is 9.86. The van der Waals surface area contributed by atoms with Crippen LogP contribution in [0.2, 0.25) is 0 Å². The molecule has 0 aliphatic carbocycles. The van der Waals surface area contributed by atoms with Crippen LogP contribution in [0.15, 0.2) is 43.0 Å². The van der Waals surface area contributed by atoms with Crippen molar-refractivity contribution in [3.8, 4) is 11.4 Å². The van der Waals surface area contributed by atoms with Gasteiger partial charge in [-0.25, -0.2) is 15.0 Å². The molecule has 0 radical (unpaired) electrons. The van der Waals surface area contributed by atoms with Gasteiger partial charge in [-0.1, -0.05) is 45.0 Å². The molecule has 184 valence electrons. The van der Waals surface area contributed by atoms with Crippen molar-refractivity contribution in [2.45, 2.75) is 57.3 Å². The number of nitrogen functional groups attached to an aromatic ring is 1. The van der Waals surface area contributed by atoms with Gasteiger partial charge in [0.1, 0.15) is 23.8 Å². The minimum absolute atomic E-state index is 0.0938. The Balaban J connectivity index is 1.43. The topological polar surface area (TPSA) is 157 Å². The van der Waals surface area contributed by atoms with Gasteiger partial charge in [-0.3, -0.25) is 9.25 Å². The highest BCUT2D eigenvalue weighted by atomic mass is 16.6. The van der Waals surface area contributed by atoms with Crippen molar-refractivity contribution >= 4 is 17.0 Å². The lowest BCUT2D eigenvalue weighted by molar-refractivity contribution is -0.0511. The maximum absolute atomic E-state index is 10.4. The fraction of sp³-hybridized carbons (Fsp3) is 0.417. The summed E-state index contributed by atoms with van der Waals surface area (Å²) in [6, 6.07) is 8.47. The third-order valence-corrected chi connectivity index (χ3v) is 6.30. The largest absolute Gasteiger partial charge is 0.394 e. The molecule has 0 saturated carbocycles. The van der Waals surface area contributed by atoms with Crippen LogP contribution in [-0.2, 0) is 16.7 Å². The first-order valence-corrected chi connectivity index (χ1v) is 11.4. The summed E-state index contributed by atoms with van der Waals surface area (Å²) in [7, 11) is 0. The Morgan fingerprint density at radius 1 is 1.09 bits per heavy atom. The van der Waals surface area contributed by atoms with Crippen LogP contribution in [-0.4, -0.2) is 69.5 Å². The SMILES string of the molecule is CC(C)(C)c1ccc(Cn2cc(-c3nc(N)c4ncn([C@@H]5OC(CO)[C@@H](O)[C@H]5O)c4n3)cn2)cc1. The number of aliphatic hydroxyl groups excluding tert-OH is 3. The lowest BCUT2D eigenvalue weighted by atomic mass is 9.87. The first-order valence-electron chi connectivity index (χ1n) is 11.4. The van der Waals surface area contributed by atoms with Gasteiger partial charge in [0.05, 0.1) is 31.2 Å². The number of aliphatic hydroxyl groups is 3. The summed E-state index contributed by atoms with van der Waals surface area (Å²) in [5.74, 6) is 0.513. The quantitative estimate of drug-likeness (QED) is 0.330. The third-order valence-electron chi connectivity index (χ3n) is 6.30. The van der Waals surface area contributed by atoms with Crippen molar-refractivity contribution in [3.63, 3.8) is 0 Å². The van der Waals surface area contributed by atoms with Crippen molar-refractivity contribution in [2.24, 2.45) is 0 Å². The maximum Gasteiger partial charge on any atom is 0.168 e. The lowest BCUT2D eigenvalue weighted by Gasteiger charge is -2.19. The molecule has 3 aromatic heterocycles. The number of hydrogen-bond donors (Lipinski definition) is 4. The van der Waals surface area contributed by atoms with E-state index in [0.29, 0.717) is 29.1 Å². The molecule has 35 heavy (non-hydrogen) atoms. The van der Waals surface area contributed by atoms with Crippen molar-refractivity contribution in [3.05, 3.63) is 54.1 Å². The van der Waals surface area contributed by atoms with Gasteiger partial charge in [0, 0.05) is 6.20 Å². The summed E-state index contributed by atoms with van der Waals surface area (Å²) in [4.78, 5) is 13.2. The molecular formula is C24H29N7O4. The van der Waals surface area contributed by atoms with Crippen LogP contribution in [0.25, 0.3) is 22.6 Å². The Bertz CT molecular complexity index is 1340. The summed E-state index contributed by atoms with van der Waals surface area (Å²) >= 11 is 0. The molecule has 5 rings (SSSR count). The molecule has 4 atom stereocenters. The van der Waals surface area contributed by atoms with E-state index in [1.807, 2.05) is 6.20 Å². The van der Waals surface area contributed by atoms with E-state index in [2.05, 4.69) is 65.1 Å². The number of hydrogen-bond acceptors (Lipinski definition) is 9. The van der Waals surface area contributed by atoms with Crippen LogP contribution in [0.3, 0.4) is 0 Å². The molecule has 4 aromatic rings. The molecule has 1 unspecified atom stereocenters. The van der Waals surface area contributed by atoms with E-state index < -0.39 is 31.1 Å².